The average Bonchev–Trinajstić information content (AvgIpc) is 3.22. The van der Waals surface area contributed by atoms with Crippen LogP contribution in [0.2, 0.25) is 0 Å². The van der Waals surface area contributed by atoms with Crippen LogP contribution in [0.1, 0.15) is 30.9 Å². The van der Waals surface area contributed by atoms with Crippen LogP contribution in [-0.2, 0) is 6.54 Å². The Morgan fingerprint density at radius 3 is 2.79 bits per heavy atom. The van der Waals surface area contributed by atoms with Crippen LogP contribution in [0.25, 0.3) is 0 Å². The van der Waals surface area contributed by atoms with Crippen LogP contribution < -0.4 is 0 Å². The Balaban J connectivity index is 2.03. The van der Waals surface area contributed by atoms with E-state index >= 15 is 0 Å². The smallest absolute Gasteiger partial charge is 0.128 e. The van der Waals surface area contributed by atoms with Crippen molar-refractivity contribution < 1.29 is 9.50 Å². The van der Waals surface area contributed by atoms with Gasteiger partial charge in [0.2, 0.25) is 0 Å². The fraction of sp³-hybridized carbons (Fsp3) is 0.500. The lowest BCUT2D eigenvalue weighted by Crippen LogP contribution is -2.30. The molecule has 19 heavy (non-hydrogen) atoms. The van der Waals surface area contributed by atoms with Crippen LogP contribution in [-0.4, -0.2) is 29.7 Å². The van der Waals surface area contributed by atoms with E-state index in [4.69, 9.17) is 5.11 Å². The highest BCUT2D eigenvalue weighted by atomic mass is 19.1. The van der Waals surface area contributed by atoms with Crippen molar-refractivity contribution in [3.8, 4) is 11.8 Å². The molecule has 2 rings (SSSR count). The molecule has 1 saturated carbocycles. The third kappa shape index (κ3) is 3.79. The summed E-state index contributed by atoms with van der Waals surface area (Å²) in [6.45, 7) is 2.62. The molecule has 0 spiro atoms. The maximum atomic E-state index is 14.0. The average molecular weight is 261 g/mol. The van der Waals surface area contributed by atoms with Gasteiger partial charge in [-0.3, -0.25) is 4.90 Å². The van der Waals surface area contributed by atoms with Gasteiger partial charge < -0.3 is 5.11 Å². The second-order valence-corrected chi connectivity index (χ2v) is 5.26. The summed E-state index contributed by atoms with van der Waals surface area (Å²) in [5.41, 5.74) is 1.30. The van der Waals surface area contributed by atoms with Gasteiger partial charge in [-0.1, -0.05) is 17.9 Å². The number of halogens is 1. The summed E-state index contributed by atoms with van der Waals surface area (Å²) in [5, 5.41) is 8.62. The summed E-state index contributed by atoms with van der Waals surface area (Å²) in [5.74, 6) is 5.79. The molecule has 0 heterocycles. The molecule has 2 nitrogen and oxygen atoms in total. The highest BCUT2D eigenvalue weighted by Crippen LogP contribution is 2.35. The van der Waals surface area contributed by atoms with Crippen molar-refractivity contribution >= 4 is 0 Å². The lowest BCUT2D eigenvalue weighted by atomic mass is 10.1. The lowest BCUT2D eigenvalue weighted by Gasteiger charge is -2.24. The van der Waals surface area contributed by atoms with E-state index in [1.54, 1.807) is 12.1 Å². The van der Waals surface area contributed by atoms with Gasteiger partial charge in [0.15, 0.2) is 0 Å². The molecule has 0 aromatic heterocycles. The Bertz CT molecular complexity index is 499. The molecular formula is C16H20FNO. The minimum Gasteiger partial charge on any atom is -0.384 e. The highest BCUT2D eigenvalue weighted by Gasteiger charge is 2.30. The second kappa shape index (κ2) is 6.18. The molecule has 0 aliphatic heterocycles. The Morgan fingerprint density at radius 1 is 1.47 bits per heavy atom. The van der Waals surface area contributed by atoms with E-state index in [9.17, 15) is 4.39 Å². The molecule has 1 aliphatic rings. The van der Waals surface area contributed by atoms with E-state index < -0.39 is 0 Å². The Hall–Kier alpha value is -1.37. The SMILES string of the molecule is CC(C1CC1)N(C)Cc1ccc(C#CCO)cc1F. The van der Waals surface area contributed by atoms with Crippen LogP contribution in [0.15, 0.2) is 18.2 Å². The Labute approximate surface area is 114 Å². The van der Waals surface area contributed by atoms with E-state index in [-0.39, 0.29) is 12.4 Å². The van der Waals surface area contributed by atoms with Gasteiger partial charge >= 0.3 is 0 Å². The Kier molecular flexibility index (Phi) is 4.57. The third-order valence-electron chi connectivity index (χ3n) is 3.78. The van der Waals surface area contributed by atoms with Crippen molar-refractivity contribution in [3.05, 3.63) is 35.1 Å². The van der Waals surface area contributed by atoms with Crippen LogP contribution in [0.4, 0.5) is 4.39 Å². The number of aliphatic hydroxyl groups excluding tert-OH is 1. The first-order chi connectivity index (χ1) is 9.11. The van der Waals surface area contributed by atoms with Crippen LogP contribution in [0.3, 0.4) is 0 Å². The molecular weight excluding hydrogens is 241 g/mol. The summed E-state index contributed by atoms with van der Waals surface area (Å²) in [4.78, 5) is 2.20. The molecule has 3 heteroatoms. The van der Waals surface area contributed by atoms with Gasteiger partial charge in [0.05, 0.1) is 0 Å². The molecule has 1 aromatic rings. The summed E-state index contributed by atoms with van der Waals surface area (Å²) >= 11 is 0. The molecule has 1 unspecified atom stereocenters. The largest absolute Gasteiger partial charge is 0.384 e. The molecule has 1 aromatic carbocycles. The molecule has 1 atom stereocenters. The van der Waals surface area contributed by atoms with Gasteiger partial charge in [0.25, 0.3) is 0 Å². The molecule has 0 amide bonds. The van der Waals surface area contributed by atoms with Gasteiger partial charge in [-0.05, 0) is 44.9 Å². The zero-order chi connectivity index (χ0) is 13.8. The van der Waals surface area contributed by atoms with E-state index in [1.807, 2.05) is 7.05 Å². The van der Waals surface area contributed by atoms with E-state index in [0.717, 1.165) is 5.92 Å². The van der Waals surface area contributed by atoms with Gasteiger partial charge in [-0.25, -0.2) is 4.39 Å². The molecule has 1 N–H and O–H groups in total. The van der Waals surface area contributed by atoms with Crippen molar-refractivity contribution in [2.75, 3.05) is 13.7 Å². The minimum absolute atomic E-state index is 0.203. The van der Waals surface area contributed by atoms with E-state index in [0.29, 0.717) is 23.7 Å². The first-order valence-corrected chi connectivity index (χ1v) is 6.70. The maximum absolute atomic E-state index is 14.0. The first kappa shape index (κ1) is 14.0. The van der Waals surface area contributed by atoms with Crippen LogP contribution in [0, 0.1) is 23.6 Å². The fourth-order valence-corrected chi connectivity index (χ4v) is 2.25. The molecule has 0 bridgehead atoms. The Morgan fingerprint density at radius 2 is 2.21 bits per heavy atom. The summed E-state index contributed by atoms with van der Waals surface area (Å²) in [6.07, 6.45) is 2.59. The van der Waals surface area contributed by atoms with Crippen molar-refractivity contribution in [1.29, 1.82) is 0 Å². The third-order valence-corrected chi connectivity index (χ3v) is 3.78. The second-order valence-electron chi connectivity index (χ2n) is 5.26. The number of rotatable bonds is 4. The predicted octanol–water partition coefficient (Wildman–Crippen LogP) is 2.40. The molecule has 0 saturated heterocycles. The predicted molar refractivity (Wildman–Crippen MR) is 74.0 cm³/mol. The molecule has 1 aliphatic carbocycles. The lowest BCUT2D eigenvalue weighted by molar-refractivity contribution is 0.224. The number of nitrogens with zero attached hydrogens (tertiary/aromatic N) is 1. The number of benzene rings is 1. The first-order valence-electron chi connectivity index (χ1n) is 6.70. The van der Waals surface area contributed by atoms with Gasteiger partial charge in [-0.2, -0.15) is 0 Å². The van der Waals surface area contributed by atoms with Crippen molar-refractivity contribution in [2.45, 2.75) is 32.4 Å². The normalized spacial score (nSPS) is 16.1. The number of hydrogen-bond donors (Lipinski definition) is 1. The van der Waals surface area contributed by atoms with Gasteiger partial charge in [0.1, 0.15) is 12.4 Å². The minimum atomic E-state index is -0.223. The topological polar surface area (TPSA) is 23.5 Å². The van der Waals surface area contributed by atoms with Crippen molar-refractivity contribution in [1.82, 2.24) is 4.90 Å². The van der Waals surface area contributed by atoms with Crippen molar-refractivity contribution in [3.63, 3.8) is 0 Å². The number of aliphatic hydroxyl groups is 1. The fourth-order valence-electron chi connectivity index (χ4n) is 2.25. The van der Waals surface area contributed by atoms with Crippen LogP contribution >= 0.6 is 0 Å². The zero-order valence-corrected chi connectivity index (χ0v) is 11.5. The van der Waals surface area contributed by atoms with Crippen LogP contribution in [0.5, 0.6) is 0 Å². The van der Waals surface area contributed by atoms with Gasteiger partial charge in [0, 0.05) is 23.7 Å². The maximum Gasteiger partial charge on any atom is 0.128 e. The summed E-state index contributed by atoms with van der Waals surface area (Å²) in [7, 11) is 2.04. The van der Waals surface area contributed by atoms with E-state index in [1.165, 1.54) is 18.9 Å². The van der Waals surface area contributed by atoms with Crippen molar-refractivity contribution in [2.24, 2.45) is 5.92 Å². The number of hydrogen-bond acceptors (Lipinski definition) is 2. The summed E-state index contributed by atoms with van der Waals surface area (Å²) in [6, 6.07) is 5.53. The monoisotopic (exact) mass is 261 g/mol. The quantitative estimate of drug-likeness (QED) is 0.841. The zero-order valence-electron chi connectivity index (χ0n) is 11.5. The molecule has 1 fully saturated rings. The molecule has 102 valence electrons. The van der Waals surface area contributed by atoms with E-state index in [2.05, 4.69) is 23.7 Å². The van der Waals surface area contributed by atoms with Gasteiger partial charge in [-0.15, -0.1) is 0 Å². The standard InChI is InChI=1S/C16H20FNO/c1-12(14-7-8-14)18(2)11-15-6-5-13(4-3-9-19)10-16(15)17/h5-6,10,12,14,19H,7-9,11H2,1-2H3. The summed E-state index contributed by atoms with van der Waals surface area (Å²) < 4.78 is 14.0. The molecule has 0 radical (unpaired) electrons. The highest BCUT2D eigenvalue weighted by molar-refractivity contribution is 5.37.